The molecule has 3 N–H and O–H groups in total. The maximum atomic E-state index is 11.5. The number of esters is 1. The number of amides is 2. The largest absolute Gasteiger partial charge is 0.462 e. The quantitative estimate of drug-likeness (QED) is 0.750. The fraction of sp³-hybridized carbons (Fsp3) is 0.333. The molecule has 5 heteroatoms. The van der Waals surface area contributed by atoms with Gasteiger partial charge in [0.1, 0.15) is 0 Å². The van der Waals surface area contributed by atoms with Gasteiger partial charge in [-0.15, -0.1) is 0 Å². The summed E-state index contributed by atoms with van der Waals surface area (Å²) in [6.07, 6.45) is 0.621. The maximum Gasteiger partial charge on any atom is 0.338 e. The zero-order chi connectivity index (χ0) is 12.7. The van der Waals surface area contributed by atoms with Crippen molar-refractivity contribution >= 4 is 12.0 Å². The number of hydrogen-bond acceptors (Lipinski definition) is 3. The molecule has 17 heavy (non-hydrogen) atoms. The van der Waals surface area contributed by atoms with Crippen molar-refractivity contribution in [2.24, 2.45) is 5.73 Å². The van der Waals surface area contributed by atoms with E-state index >= 15 is 0 Å². The van der Waals surface area contributed by atoms with Gasteiger partial charge >= 0.3 is 12.0 Å². The van der Waals surface area contributed by atoms with E-state index in [0.29, 0.717) is 25.1 Å². The molecule has 0 heterocycles. The molecule has 2 amide bonds. The highest BCUT2D eigenvalue weighted by Gasteiger charge is 2.06. The molecule has 0 saturated heterocycles. The summed E-state index contributed by atoms with van der Waals surface area (Å²) in [5.74, 6) is -0.336. The van der Waals surface area contributed by atoms with E-state index in [2.05, 4.69) is 5.32 Å². The first-order chi connectivity index (χ1) is 8.13. The third-order valence-corrected chi connectivity index (χ3v) is 2.15. The molecule has 0 saturated carbocycles. The van der Waals surface area contributed by atoms with Gasteiger partial charge in [0, 0.05) is 6.54 Å². The monoisotopic (exact) mass is 236 g/mol. The zero-order valence-corrected chi connectivity index (χ0v) is 9.73. The van der Waals surface area contributed by atoms with Crippen LogP contribution >= 0.6 is 0 Å². The van der Waals surface area contributed by atoms with Crippen LogP contribution in [0, 0.1) is 0 Å². The Kier molecular flexibility index (Phi) is 5.00. The van der Waals surface area contributed by atoms with Crippen LogP contribution in [0.3, 0.4) is 0 Å². The molecule has 92 valence electrons. The van der Waals surface area contributed by atoms with Gasteiger partial charge in [-0.3, -0.25) is 0 Å². The normalized spacial score (nSPS) is 9.71. The fourth-order valence-electron chi connectivity index (χ4n) is 1.40. The Labute approximate surface area is 99.9 Å². The predicted molar refractivity (Wildman–Crippen MR) is 63.7 cm³/mol. The van der Waals surface area contributed by atoms with Crippen molar-refractivity contribution in [3.63, 3.8) is 0 Å². The lowest BCUT2D eigenvalue weighted by molar-refractivity contribution is 0.0526. The number of nitrogens with two attached hydrogens (primary N) is 1. The van der Waals surface area contributed by atoms with Gasteiger partial charge in [-0.05, 0) is 31.0 Å². The number of ether oxygens (including phenoxy) is 1. The molecule has 0 aliphatic heterocycles. The number of nitrogens with one attached hydrogen (secondary N) is 1. The third kappa shape index (κ3) is 4.55. The fourth-order valence-corrected chi connectivity index (χ4v) is 1.40. The van der Waals surface area contributed by atoms with Crippen LogP contribution in [0.15, 0.2) is 24.3 Å². The molecule has 0 spiro atoms. The van der Waals surface area contributed by atoms with Gasteiger partial charge in [-0.2, -0.15) is 0 Å². The number of rotatable bonds is 5. The van der Waals surface area contributed by atoms with Gasteiger partial charge < -0.3 is 15.8 Å². The van der Waals surface area contributed by atoms with E-state index in [-0.39, 0.29) is 5.97 Å². The second-order valence-electron chi connectivity index (χ2n) is 3.46. The highest BCUT2D eigenvalue weighted by atomic mass is 16.5. The molecule has 1 aromatic rings. The molecular weight excluding hydrogens is 220 g/mol. The average Bonchev–Trinajstić information content (AvgIpc) is 2.29. The first-order valence-electron chi connectivity index (χ1n) is 5.43. The van der Waals surface area contributed by atoms with Crippen LogP contribution in [0.5, 0.6) is 0 Å². The zero-order valence-electron chi connectivity index (χ0n) is 9.73. The predicted octanol–water partition coefficient (Wildman–Crippen LogP) is 1.07. The van der Waals surface area contributed by atoms with Crippen LogP contribution in [0.2, 0.25) is 0 Å². The summed E-state index contributed by atoms with van der Waals surface area (Å²) in [6, 6.07) is 6.56. The molecule has 0 aliphatic carbocycles. The van der Waals surface area contributed by atoms with E-state index in [1.54, 1.807) is 25.1 Å². The Morgan fingerprint density at radius 1 is 1.41 bits per heavy atom. The standard InChI is InChI=1S/C12H16N2O3/c1-2-17-11(15)10-5-3-4-9(8-10)6-7-14-12(13)16/h3-5,8H,2,6-7H2,1H3,(H3,13,14,16). The molecule has 0 atom stereocenters. The first-order valence-corrected chi connectivity index (χ1v) is 5.43. The Balaban J connectivity index is 2.59. The Hall–Kier alpha value is -2.04. The summed E-state index contributed by atoms with van der Waals surface area (Å²) >= 11 is 0. The van der Waals surface area contributed by atoms with Gasteiger partial charge in [-0.25, -0.2) is 9.59 Å². The van der Waals surface area contributed by atoms with Gasteiger partial charge in [0.05, 0.1) is 12.2 Å². The van der Waals surface area contributed by atoms with Crippen molar-refractivity contribution in [2.45, 2.75) is 13.3 Å². The Morgan fingerprint density at radius 3 is 2.82 bits per heavy atom. The molecule has 0 bridgehead atoms. The van der Waals surface area contributed by atoms with Crippen molar-refractivity contribution in [3.8, 4) is 0 Å². The number of hydrogen-bond donors (Lipinski definition) is 2. The van der Waals surface area contributed by atoms with Crippen LogP contribution in [-0.2, 0) is 11.2 Å². The molecule has 5 nitrogen and oxygen atoms in total. The minimum absolute atomic E-state index is 0.336. The summed E-state index contributed by atoms with van der Waals surface area (Å²) in [6.45, 7) is 2.56. The highest BCUT2D eigenvalue weighted by molar-refractivity contribution is 5.89. The minimum Gasteiger partial charge on any atom is -0.462 e. The van der Waals surface area contributed by atoms with Crippen LogP contribution < -0.4 is 11.1 Å². The number of urea groups is 1. The second kappa shape index (κ2) is 6.52. The SMILES string of the molecule is CCOC(=O)c1cccc(CCNC(N)=O)c1. The molecule has 1 rings (SSSR count). The van der Waals surface area contributed by atoms with E-state index in [1.807, 2.05) is 6.07 Å². The topological polar surface area (TPSA) is 81.4 Å². The third-order valence-electron chi connectivity index (χ3n) is 2.15. The number of carbonyl (C=O) groups excluding carboxylic acids is 2. The Bertz CT molecular complexity index is 404. The molecule has 0 aliphatic rings. The average molecular weight is 236 g/mol. The maximum absolute atomic E-state index is 11.5. The van der Waals surface area contributed by atoms with Crippen LogP contribution in [0.25, 0.3) is 0 Å². The van der Waals surface area contributed by atoms with Gasteiger partial charge in [-0.1, -0.05) is 12.1 Å². The van der Waals surface area contributed by atoms with E-state index in [9.17, 15) is 9.59 Å². The summed E-state index contributed by atoms with van der Waals surface area (Å²) in [5, 5.41) is 2.49. The number of carbonyl (C=O) groups is 2. The summed E-state index contributed by atoms with van der Waals surface area (Å²) in [4.78, 5) is 22.0. The lowest BCUT2D eigenvalue weighted by Gasteiger charge is -2.05. The first kappa shape index (κ1) is 13.0. The molecule has 0 unspecified atom stereocenters. The lowest BCUT2D eigenvalue weighted by atomic mass is 10.1. The Morgan fingerprint density at radius 2 is 2.18 bits per heavy atom. The molecular formula is C12H16N2O3. The van der Waals surface area contributed by atoms with Gasteiger partial charge in [0.2, 0.25) is 0 Å². The lowest BCUT2D eigenvalue weighted by Crippen LogP contribution is -2.30. The van der Waals surface area contributed by atoms with E-state index in [4.69, 9.17) is 10.5 Å². The van der Waals surface area contributed by atoms with Crippen LogP contribution in [-0.4, -0.2) is 25.2 Å². The molecule has 0 fully saturated rings. The molecule has 0 radical (unpaired) electrons. The molecule has 1 aromatic carbocycles. The van der Waals surface area contributed by atoms with Crippen molar-refractivity contribution in [2.75, 3.05) is 13.2 Å². The number of primary amides is 1. The highest BCUT2D eigenvalue weighted by Crippen LogP contribution is 2.07. The summed E-state index contributed by atoms with van der Waals surface area (Å²) in [5.41, 5.74) is 6.42. The van der Waals surface area contributed by atoms with Crippen molar-refractivity contribution in [1.82, 2.24) is 5.32 Å². The van der Waals surface area contributed by atoms with Gasteiger partial charge in [0.15, 0.2) is 0 Å². The smallest absolute Gasteiger partial charge is 0.338 e. The van der Waals surface area contributed by atoms with Crippen molar-refractivity contribution in [3.05, 3.63) is 35.4 Å². The number of benzene rings is 1. The van der Waals surface area contributed by atoms with E-state index in [1.165, 1.54) is 0 Å². The van der Waals surface area contributed by atoms with Crippen LogP contribution in [0.1, 0.15) is 22.8 Å². The van der Waals surface area contributed by atoms with Crippen molar-refractivity contribution in [1.29, 1.82) is 0 Å². The van der Waals surface area contributed by atoms with Gasteiger partial charge in [0.25, 0.3) is 0 Å². The minimum atomic E-state index is -0.549. The van der Waals surface area contributed by atoms with Crippen LogP contribution in [0.4, 0.5) is 4.79 Å². The molecule has 0 aromatic heterocycles. The van der Waals surface area contributed by atoms with E-state index in [0.717, 1.165) is 5.56 Å². The summed E-state index contributed by atoms with van der Waals surface area (Å²) in [7, 11) is 0. The van der Waals surface area contributed by atoms with E-state index < -0.39 is 6.03 Å². The second-order valence-corrected chi connectivity index (χ2v) is 3.46. The summed E-state index contributed by atoms with van der Waals surface area (Å²) < 4.78 is 4.90. The van der Waals surface area contributed by atoms with Crippen molar-refractivity contribution < 1.29 is 14.3 Å².